The summed E-state index contributed by atoms with van der Waals surface area (Å²) in [5.41, 5.74) is 3.38. The second-order valence-corrected chi connectivity index (χ2v) is 8.25. The Hall–Kier alpha value is -2.58. The van der Waals surface area contributed by atoms with Crippen LogP contribution in [0.3, 0.4) is 0 Å². The summed E-state index contributed by atoms with van der Waals surface area (Å²) in [5, 5.41) is 8.24. The van der Waals surface area contributed by atoms with Gasteiger partial charge in [-0.1, -0.05) is 11.2 Å². The van der Waals surface area contributed by atoms with Gasteiger partial charge in [0.25, 0.3) is 5.91 Å². The van der Waals surface area contributed by atoms with E-state index in [1.165, 1.54) is 11.3 Å². The number of carbonyl (C=O) groups is 1. The van der Waals surface area contributed by atoms with E-state index in [1.807, 2.05) is 32.0 Å². The number of carbonyl (C=O) groups excluding carboxylic acids is 1. The van der Waals surface area contributed by atoms with Crippen molar-refractivity contribution >= 4 is 17.2 Å². The highest BCUT2D eigenvalue weighted by atomic mass is 32.1. The zero-order valence-corrected chi connectivity index (χ0v) is 17.4. The van der Waals surface area contributed by atoms with Gasteiger partial charge in [0.05, 0.1) is 16.4 Å². The van der Waals surface area contributed by atoms with Gasteiger partial charge >= 0.3 is 0 Å². The molecule has 4 rings (SSSR count). The Bertz CT molecular complexity index is 977. The first-order valence-corrected chi connectivity index (χ1v) is 10.6. The number of hydrogen-bond acceptors (Lipinski definition) is 7. The minimum atomic E-state index is -0.0338. The molecule has 7 nitrogen and oxygen atoms in total. The molecule has 0 spiro atoms. The number of amides is 1. The van der Waals surface area contributed by atoms with Crippen molar-refractivity contribution in [3.63, 3.8) is 0 Å². The zero-order valence-electron chi connectivity index (χ0n) is 16.6. The molecular formula is C21H24N4O3S. The Morgan fingerprint density at radius 1 is 1.24 bits per heavy atom. The van der Waals surface area contributed by atoms with Crippen LogP contribution in [0.25, 0.3) is 11.4 Å². The fourth-order valence-corrected chi connectivity index (χ4v) is 4.45. The molecule has 8 heteroatoms. The number of pyridine rings is 1. The van der Waals surface area contributed by atoms with E-state index in [-0.39, 0.29) is 11.9 Å². The normalized spacial score (nSPS) is 14.8. The average molecular weight is 413 g/mol. The second kappa shape index (κ2) is 8.84. The third-order valence-electron chi connectivity index (χ3n) is 5.08. The van der Waals surface area contributed by atoms with Crippen molar-refractivity contribution < 1.29 is 14.1 Å². The van der Waals surface area contributed by atoms with Gasteiger partial charge < -0.3 is 14.6 Å². The fourth-order valence-electron chi connectivity index (χ4n) is 3.48. The predicted octanol–water partition coefficient (Wildman–Crippen LogP) is 3.50. The Labute approximate surface area is 173 Å². The van der Waals surface area contributed by atoms with Crippen molar-refractivity contribution in [3.8, 4) is 11.4 Å². The van der Waals surface area contributed by atoms with Crippen LogP contribution in [0, 0.1) is 13.8 Å². The first-order valence-electron chi connectivity index (χ1n) is 9.83. The van der Waals surface area contributed by atoms with E-state index in [1.54, 1.807) is 6.20 Å². The van der Waals surface area contributed by atoms with Crippen molar-refractivity contribution in [2.24, 2.45) is 0 Å². The molecule has 0 bridgehead atoms. The van der Waals surface area contributed by atoms with Gasteiger partial charge in [-0.2, -0.15) is 0 Å². The van der Waals surface area contributed by atoms with Crippen LogP contribution in [0.2, 0.25) is 0 Å². The van der Waals surface area contributed by atoms with E-state index < -0.39 is 0 Å². The summed E-state index contributed by atoms with van der Waals surface area (Å²) in [7, 11) is 0. The molecule has 4 heterocycles. The van der Waals surface area contributed by atoms with Crippen LogP contribution in [0.4, 0.5) is 0 Å². The summed E-state index contributed by atoms with van der Waals surface area (Å²) >= 11 is 1.46. The second-order valence-electron chi connectivity index (χ2n) is 7.16. The van der Waals surface area contributed by atoms with Gasteiger partial charge in [0, 0.05) is 37.4 Å². The molecule has 1 amide bonds. The van der Waals surface area contributed by atoms with Crippen molar-refractivity contribution in [3.05, 3.63) is 51.3 Å². The smallest absolute Gasteiger partial charge is 0.263 e. The van der Waals surface area contributed by atoms with Crippen molar-refractivity contribution in [1.29, 1.82) is 0 Å². The van der Waals surface area contributed by atoms with E-state index in [4.69, 9.17) is 9.26 Å². The monoisotopic (exact) mass is 412 g/mol. The van der Waals surface area contributed by atoms with Gasteiger partial charge in [-0.25, -0.2) is 4.98 Å². The van der Waals surface area contributed by atoms with Crippen molar-refractivity contribution in [2.45, 2.75) is 45.6 Å². The lowest BCUT2D eigenvalue weighted by Gasteiger charge is -2.22. The molecule has 0 aromatic carbocycles. The van der Waals surface area contributed by atoms with E-state index in [0.29, 0.717) is 18.1 Å². The lowest BCUT2D eigenvalue weighted by atomic mass is 10.1. The van der Waals surface area contributed by atoms with Gasteiger partial charge in [-0.05, 0) is 45.2 Å². The Morgan fingerprint density at radius 3 is 2.83 bits per heavy atom. The molecule has 3 aromatic rings. The topological polar surface area (TPSA) is 90.1 Å². The van der Waals surface area contributed by atoms with Crippen LogP contribution < -0.4 is 5.32 Å². The molecule has 152 valence electrons. The fraction of sp³-hybridized carbons (Fsp3) is 0.429. The quantitative estimate of drug-likeness (QED) is 0.666. The molecule has 0 radical (unpaired) electrons. The van der Waals surface area contributed by atoms with E-state index in [2.05, 4.69) is 20.4 Å². The van der Waals surface area contributed by atoms with Crippen LogP contribution in [0.15, 0.2) is 28.9 Å². The number of nitrogens with zero attached hydrogens (tertiary/aromatic N) is 3. The Balaban J connectivity index is 1.44. The van der Waals surface area contributed by atoms with E-state index in [9.17, 15) is 4.79 Å². The predicted molar refractivity (Wildman–Crippen MR) is 110 cm³/mol. The number of nitrogens with one attached hydrogen (secondary N) is 1. The molecule has 3 aromatic heterocycles. The summed E-state index contributed by atoms with van der Waals surface area (Å²) in [4.78, 5) is 22.4. The molecule has 1 saturated heterocycles. The highest BCUT2D eigenvalue weighted by molar-refractivity contribution is 7.13. The van der Waals surface area contributed by atoms with Gasteiger partial charge in [-0.3, -0.25) is 9.78 Å². The zero-order chi connectivity index (χ0) is 20.2. The van der Waals surface area contributed by atoms with Crippen LogP contribution >= 0.6 is 11.3 Å². The largest absolute Gasteiger partial charge is 0.381 e. The molecule has 0 aliphatic carbocycles. The molecule has 1 aliphatic heterocycles. The molecule has 0 saturated carbocycles. The van der Waals surface area contributed by atoms with Crippen LogP contribution in [-0.2, 0) is 17.6 Å². The molecule has 0 unspecified atom stereocenters. The molecule has 1 aliphatic rings. The third kappa shape index (κ3) is 4.54. The summed E-state index contributed by atoms with van der Waals surface area (Å²) < 4.78 is 10.8. The summed E-state index contributed by atoms with van der Waals surface area (Å²) in [6.07, 6.45) is 4.92. The molecule has 29 heavy (non-hydrogen) atoms. The average Bonchev–Trinajstić information content (AvgIpc) is 3.30. The number of hydrogen-bond donors (Lipinski definition) is 1. The number of ether oxygens (including phenoxy) is 1. The lowest BCUT2D eigenvalue weighted by Crippen LogP contribution is -2.38. The molecular weight excluding hydrogens is 388 g/mol. The maximum Gasteiger partial charge on any atom is 0.263 e. The van der Waals surface area contributed by atoms with Gasteiger partial charge in [0.2, 0.25) is 0 Å². The van der Waals surface area contributed by atoms with Crippen molar-refractivity contribution in [2.75, 3.05) is 13.2 Å². The van der Waals surface area contributed by atoms with Gasteiger partial charge in [-0.15, -0.1) is 11.3 Å². The number of rotatable bonds is 6. The highest BCUT2D eigenvalue weighted by Gasteiger charge is 2.21. The maximum absolute atomic E-state index is 12.7. The molecule has 1 fully saturated rings. The summed E-state index contributed by atoms with van der Waals surface area (Å²) in [6.45, 7) is 5.21. The lowest BCUT2D eigenvalue weighted by molar-refractivity contribution is 0.0698. The maximum atomic E-state index is 12.7. The Morgan fingerprint density at radius 2 is 2.07 bits per heavy atom. The van der Waals surface area contributed by atoms with Crippen LogP contribution in [0.1, 0.15) is 44.5 Å². The van der Waals surface area contributed by atoms with Crippen LogP contribution in [0.5, 0.6) is 0 Å². The van der Waals surface area contributed by atoms with Crippen LogP contribution in [-0.4, -0.2) is 40.3 Å². The minimum Gasteiger partial charge on any atom is -0.381 e. The first-order chi connectivity index (χ1) is 14.1. The number of aromatic nitrogens is 3. The number of aryl methyl sites for hydroxylation is 3. The SMILES string of the molecule is Cc1nc(CCc2c(-c3ccccn3)noc2C)sc1C(=O)NC1CCOCC1. The molecule has 0 atom stereocenters. The Kier molecular flexibility index (Phi) is 6.01. The number of thiazole rings is 1. The van der Waals surface area contributed by atoms with E-state index >= 15 is 0 Å². The minimum absolute atomic E-state index is 0.0338. The van der Waals surface area contributed by atoms with Gasteiger partial charge in [0.1, 0.15) is 16.3 Å². The van der Waals surface area contributed by atoms with Crippen molar-refractivity contribution in [1.82, 2.24) is 20.4 Å². The van der Waals surface area contributed by atoms with E-state index in [0.717, 1.165) is 59.1 Å². The third-order valence-corrected chi connectivity index (χ3v) is 6.30. The summed E-state index contributed by atoms with van der Waals surface area (Å²) in [6, 6.07) is 5.92. The first kappa shape index (κ1) is 19.7. The standard InChI is InChI=1S/C21H24N4O3S/c1-13-20(21(26)24-15-8-11-27-12-9-15)29-18(23-13)7-6-16-14(2)28-25-19(16)17-5-3-4-10-22-17/h3-5,10,15H,6-9,11-12H2,1-2H3,(H,24,26). The van der Waals surface area contributed by atoms with Gasteiger partial charge in [0.15, 0.2) is 0 Å². The molecule has 1 N–H and O–H groups in total. The summed E-state index contributed by atoms with van der Waals surface area (Å²) in [5.74, 6) is 0.755. The highest BCUT2D eigenvalue weighted by Crippen LogP contribution is 2.26.